The number of carbonyl (C=O) groups is 1. The van der Waals surface area contributed by atoms with Gasteiger partial charge in [-0.15, -0.1) is 0 Å². The van der Waals surface area contributed by atoms with Crippen molar-refractivity contribution in [1.29, 1.82) is 0 Å². The van der Waals surface area contributed by atoms with Gasteiger partial charge in [0.2, 0.25) is 0 Å². The zero-order valence-electron chi connectivity index (χ0n) is 14.8. The van der Waals surface area contributed by atoms with Crippen molar-refractivity contribution >= 4 is 6.03 Å². The second-order valence-electron chi connectivity index (χ2n) is 7.19. The predicted molar refractivity (Wildman–Crippen MR) is 90.5 cm³/mol. The van der Waals surface area contributed by atoms with Crippen molar-refractivity contribution in [2.45, 2.75) is 65.0 Å². The van der Waals surface area contributed by atoms with Crippen molar-refractivity contribution in [3.8, 4) is 0 Å². The van der Waals surface area contributed by atoms with E-state index >= 15 is 0 Å². The Morgan fingerprint density at radius 2 is 2.12 bits per heavy atom. The maximum absolute atomic E-state index is 12.6. The van der Waals surface area contributed by atoms with Crippen LogP contribution < -0.4 is 5.32 Å². The monoisotopic (exact) mass is 335 g/mol. The molecule has 2 N–H and O–H groups in total. The molecule has 1 aliphatic carbocycles. The molecular formula is C18H29N3O3. The van der Waals surface area contributed by atoms with Gasteiger partial charge >= 0.3 is 6.03 Å². The van der Waals surface area contributed by atoms with Gasteiger partial charge in [0.05, 0.1) is 11.8 Å². The van der Waals surface area contributed by atoms with E-state index in [-0.39, 0.29) is 18.1 Å². The highest BCUT2D eigenvalue weighted by Gasteiger charge is 2.36. The first kappa shape index (κ1) is 17.3. The molecule has 2 amide bonds. The molecule has 2 aliphatic rings. The molecule has 1 aromatic rings. The van der Waals surface area contributed by atoms with E-state index in [0.717, 1.165) is 23.4 Å². The number of amides is 2. The van der Waals surface area contributed by atoms with Crippen LogP contribution in [0.2, 0.25) is 0 Å². The van der Waals surface area contributed by atoms with Crippen LogP contribution in [0, 0.1) is 18.8 Å². The number of carbonyl (C=O) groups excluding carboxylic acids is 1. The Balaban J connectivity index is 1.57. The maximum atomic E-state index is 12.6. The minimum absolute atomic E-state index is 0.0486. The lowest BCUT2D eigenvalue weighted by Crippen LogP contribution is -2.51. The third-order valence-electron chi connectivity index (χ3n) is 5.73. The van der Waals surface area contributed by atoms with Gasteiger partial charge < -0.3 is 19.8 Å². The molecule has 1 saturated heterocycles. The predicted octanol–water partition coefficient (Wildman–Crippen LogP) is 2.63. The number of nitrogens with one attached hydrogen (secondary N) is 1. The number of aliphatic hydroxyl groups is 1. The largest absolute Gasteiger partial charge is 0.393 e. The molecule has 0 aromatic carbocycles. The number of aromatic nitrogens is 1. The van der Waals surface area contributed by atoms with E-state index in [1.165, 1.54) is 25.7 Å². The highest BCUT2D eigenvalue weighted by molar-refractivity contribution is 5.74. The molecule has 2 fully saturated rings. The summed E-state index contributed by atoms with van der Waals surface area (Å²) >= 11 is 0. The summed E-state index contributed by atoms with van der Waals surface area (Å²) in [6, 6.07) is -0.0486. The number of aryl methyl sites for hydroxylation is 2. The topological polar surface area (TPSA) is 78.6 Å². The molecule has 6 heteroatoms. The Hall–Kier alpha value is -1.56. The number of piperidine rings is 1. The number of likely N-dealkylation sites (tertiary alicyclic amines) is 1. The van der Waals surface area contributed by atoms with Gasteiger partial charge in [-0.05, 0) is 25.7 Å². The fourth-order valence-electron chi connectivity index (χ4n) is 4.22. The van der Waals surface area contributed by atoms with Crippen molar-refractivity contribution in [1.82, 2.24) is 15.4 Å². The standard InChI is InChI=1S/C18H29N3O3/c1-3-16-14(12(2)24-20-16)10-19-18(23)21-9-8-17(22)15(11-21)13-6-4-5-7-13/h13,15,17,22H,3-11H2,1-2H3,(H,19,23)/t15-,17+/m1/s1. The molecule has 1 aliphatic heterocycles. The van der Waals surface area contributed by atoms with Crippen molar-refractivity contribution < 1.29 is 14.4 Å². The zero-order valence-corrected chi connectivity index (χ0v) is 14.8. The first-order chi connectivity index (χ1) is 11.6. The minimum atomic E-state index is -0.260. The van der Waals surface area contributed by atoms with Crippen LogP contribution >= 0.6 is 0 Å². The van der Waals surface area contributed by atoms with E-state index in [2.05, 4.69) is 10.5 Å². The van der Waals surface area contributed by atoms with E-state index in [0.29, 0.717) is 32.0 Å². The first-order valence-corrected chi connectivity index (χ1v) is 9.25. The summed E-state index contributed by atoms with van der Waals surface area (Å²) in [5.41, 5.74) is 1.89. The number of aliphatic hydroxyl groups excluding tert-OH is 1. The molecule has 0 unspecified atom stereocenters. The smallest absolute Gasteiger partial charge is 0.317 e. The summed E-state index contributed by atoms with van der Waals surface area (Å²) in [7, 11) is 0. The molecule has 2 heterocycles. The highest BCUT2D eigenvalue weighted by Crippen LogP contribution is 2.36. The molecule has 24 heavy (non-hydrogen) atoms. The average molecular weight is 335 g/mol. The van der Waals surface area contributed by atoms with Crippen molar-refractivity contribution in [3.05, 3.63) is 17.0 Å². The van der Waals surface area contributed by atoms with Crippen LogP contribution in [0.3, 0.4) is 0 Å². The van der Waals surface area contributed by atoms with Gasteiger partial charge in [0, 0.05) is 31.1 Å². The molecule has 1 aromatic heterocycles. The molecular weight excluding hydrogens is 306 g/mol. The van der Waals surface area contributed by atoms with E-state index in [4.69, 9.17) is 4.52 Å². The summed E-state index contributed by atoms with van der Waals surface area (Å²) in [6.07, 6.45) is 6.11. The Kier molecular flexibility index (Phi) is 5.43. The summed E-state index contributed by atoms with van der Waals surface area (Å²) in [5, 5.41) is 17.4. The number of nitrogens with zero attached hydrogens (tertiary/aromatic N) is 2. The Morgan fingerprint density at radius 3 is 2.83 bits per heavy atom. The van der Waals surface area contributed by atoms with Crippen LogP contribution in [0.1, 0.15) is 56.0 Å². The lowest BCUT2D eigenvalue weighted by molar-refractivity contribution is 0.0125. The fraction of sp³-hybridized carbons (Fsp3) is 0.778. The number of rotatable bonds is 4. The lowest BCUT2D eigenvalue weighted by Gasteiger charge is -2.39. The number of hydrogen-bond acceptors (Lipinski definition) is 4. The van der Waals surface area contributed by atoms with Crippen molar-refractivity contribution in [3.63, 3.8) is 0 Å². The number of hydrogen-bond donors (Lipinski definition) is 2. The van der Waals surface area contributed by atoms with E-state index in [9.17, 15) is 9.90 Å². The first-order valence-electron chi connectivity index (χ1n) is 9.25. The summed E-state index contributed by atoms with van der Waals surface area (Å²) in [6.45, 7) is 5.65. The van der Waals surface area contributed by atoms with Crippen molar-refractivity contribution in [2.75, 3.05) is 13.1 Å². The van der Waals surface area contributed by atoms with Gasteiger partial charge in [-0.3, -0.25) is 0 Å². The van der Waals surface area contributed by atoms with Gasteiger partial charge in [-0.2, -0.15) is 0 Å². The molecule has 0 radical (unpaired) electrons. The quantitative estimate of drug-likeness (QED) is 0.886. The SMILES string of the molecule is CCc1noc(C)c1CNC(=O)N1CC[C@H](O)[C@@H](C2CCCC2)C1. The van der Waals surface area contributed by atoms with Crippen LogP contribution in [-0.4, -0.2) is 40.4 Å². The Labute approximate surface area is 143 Å². The lowest BCUT2D eigenvalue weighted by atomic mass is 9.82. The minimum Gasteiger partial charge on any atom is -0.393 e. The third-order valence-corrected chi connectivity index (χ3v) is 5.73. The van der Waals surface area contributed by atoms with Crippen molar-refractivity contribution in [2.24, 2.45) is 11.8 Å². The maximum Gasteiger partial charge on any atom is 0.317 e. The van der Waals surface area contributed by atoms with Gasteiger partial charge in [-0.25, -0.2) is 4.79 Å². The van der Waals surface area contributed by atoms with Crippen LogP contribution in [0.15, 0.2) is 4.52 Å². The molecule has 0 spiro atoms. The Morgan fingerprint density at radius 1 is 1.38 bits per heavy atom. The van der Waals surface area contributed by atoms with E-state index < -0.39 is 0 Å². The Bertz CT molecular complexity index is 566. The van der Waals surface area contributed by atoms with Gasteiger partial charge in [-0.1, -0.05) is 37.8 Å². The van der Waals surface area contributed by atoms with Crippen LogP contribution in [0.5, 0.6) is 0 Å². The molecule has 3 rings (SSSR count). The van der Waals surface area contributed by atoms with Gasteiger partial charge in [0.1, 0.15) is 5.76 Å². The molecule has 1 saturated carbocycles. The summed E-state index contributed by atoms with van der Waals surface area (Å²) in [4.78, 5) is 14.4. The van der Waals surface area contributed by atoms with E-state index in [1.54, 1.807) is 0 Å². The third kappa shape index (κ3) is 3.58. The highest BCUT2D eigenvalue weighted by atomic mass is 16.5. The van der Waals surface area contributed by atoms with Crippen LogP contribution in [0.4, 0.5) is 4.79 Å². The fourth-order valence-corrected chi connectivity index (χ4v) is 4.22. The molecule has 0 bridgehead atoms. The molecule has 6 nitrogen and oxygen atoms in total. The van der Waals surface area contributed by atoms with Crippen LogP contribution in [0.25, 0.3) is 0 Å². The average Bonchev–Trinajstić information content (AvgIpc) is 3.23. The summed E-state index contributed by atoms with van der Waals surface area (Å²) < 4.78 is 5.21. The molecule has 134 valence electrons. The van der Waals surface area contributed by atoms with Gasteiger partial charge in [0.25, 0.3) is 0 Å². The van der Waals surface area contributed by atoms with E-state index in [1.807, 2.05) is 18.7 Å². The number of urea groups is 1. The second-order valence-corrected chi connectivity index (χ2v) is 7.19. The van der Waals surface area contributed by atoms with Gasteiger partial charge in [0.15, 0.2) is 0 Å². The molecule has 2 atom stereocenters. The zero-order chi connectivity index (χ0) is 17.1. The normalized spacial score (nSPS) is 25.2. The summed E-state index contributed by atoms with van der Waals surface area (Å²) in [5.74, 6) is 1.57. The second kappa shape index (κ2) is 7.55. The van der Waals surface area contributed by atoms with Crippen LogP contribution in [-0.2, 0) is 13.0 Å².